The summed E-state index contributed by atoms with van der Waals surface area (Å²) in [5.74, 6) is 0.994. The summed E-state index contributed by atoms with van der Waals surface area (Å²) in [5.41, 5.74) is 0. The second-order valence-electron chi connectivity index (χ2n) is 6.50. The third-order valence-corrected chi connectivity index (χ3v) is 5.08. The van der Waals surface area contributed by atoms with Crippen molar-refractivity contribution in [2.75, 3.05) is 6.54 Å². The Labute approximate surface area is 120 Å². The van der Waals surface area contributed by atoms with Crippen LogP contribution in [0.25, 0.3) is 0 Å². The number of carbonyl (C=O) groups excluding carboxylic acids is 2. The standard InChI is InChI=1S/C15H25N3O2/c19-14-8-6-11(9-16-14)17-15(20)13-7-5-10-3-1-2-4-12(10)18-13/h10-13,18H,1-9H2,(H,16,19)(H,17,20). The molecule has 3 aliphatic rings. The fourth-order valence-electron chi connectivity index (χ4n) is 3.86. The van der Waals surface area contributed by atoms with Crippen LogP contribution in [0.1, 0.15) is 51.4 Å². The normalized spacial score (nSPS) is 37.7. The average Bonchev–Trinajstić information content (AvgIpc) is 2.49. The van der Waals surface area contributed by atoms with E-state index in [4.69, 9.17) is 0 Å². The van der Waals surface area contributed by atoms with Gasteiger partial charge in [0.2, 0.25) is 11.8 Å². The van der Waals surface area contributed by atoms with Gasteiger partial charge in [-0.05, 0) is 38.0 Å². The maximum atomic E-state index is 12.3. The van der Waals surface area contributed by atoms with Crippen molar-refractivity contribution in [2.24, 2.45) is 5.92 Å². The zero-order valence-corrected chi connectivity index (χ0v) is 12.0. The van der Waals surface area contributed by atoms with Crippen LogP contribution in [-0.2, 0) is 9.59 Å². The van der Waals surface area contributed by atoms with E-state index in [-0.39, 0.29) is 23.9 Å². The highest BCUT2D eigenvalue weighted by atomic mass is 16.2. The molecular formula is C15H25N3O2. The van der Waals surface area contributed by atoms with Crippen molar-refractivity contribution in [1.82, 2.24) is 16.0 Å². The number of rotatable bonds is 2. The number of nitrogens with one attached hydrogen (secondary N) is 3. The molecule has 3 rings (SSSR count). The van der Waals surface area contributed by atoms with Gasteiger partial charge in [0.15, 0.2) is 0 Å². The Morgan fingerprint density at radius 1 is 1.10 bits per heavy atom. The first kappa shape index (κ1) is 13.9. The number of fused-ring (bicyclic) bond motifs is 1. The summed E-state index contributed by atoms with van der Waals surface area (Å²) in [6.45, 7) is 0.573. The second-order valence-corrected chi connectivity index (χ2v) is 6.50. The summed E-state index contributed by atoms with van der Waals surface area (Å²) < 4.78 is 0. The van der Waals surface area contributed by atoms with Gasteiger partial charge in [0, 0.05) is 25.0 Å². The zero-order valence-electron chi connectivity index (χ0n) is 12.0. The monoisotopic (exact) mass is 279 g/mol. The van der Waals surface area contributed by atoms with Crippen LogP contribution in [0.5, 0.6) is 0 Å². The molecule has 4 atom stereocenters. The predicted octanol–water partition coefficient (Wildman–Crippen LogP) is 0.692. The van der Waals surface area contributed by atoms with Gasteiger partial charge in [-0.15, -0.1) is 0 Å². The SMILES string of the molecule is O=C1CCC(NC(=O)C2CCC3CCCCC3N2)CN1. The Balaban J connectivity index is 1.49. The Hall–Kier alpha value is -1.10. The third-order valence-electron chi connectivity index (χ3n) is 5.08. The molecule has 0 aromatic carbocycles. The van der Waals surface area contributed by atoms with Gasteiger partial charge < -0.3 is 16.0 Å². The minimum Gasteiger partial charge on any atom is -0.354 e. The molecule has 1 aliphatic carbocycles. The molecule has 20 heavy (non-hydrogen) atoms. The van der Waals surface area contributed by atoms with Crippen molar-refractivity contribution < 1.29 is 9.59 Å². The van der Waals surface area contributed by atoms with Gasteiger partial charge in [0.25, 0.3) is 0 Å². The molecule has 3 N–H and O–H groups in total. The molecule has 1 saturated carbocycles. The summed E-state index contributed by atoms with van der Waals surface area (Å²) in [4.78, 5) is 23.5. The molecule has 2 heterocycles. The van der Waals surface area contributed by atoms with Gasteiger partial charge >= 0.3 is 0 Å². The molecular weight excluding hydrogens is 254 g/mol. The van der Waals surface area contributed by atoms with Gasteiger partial charge in [-0.1, -0.05) is 12.8 Å². The predicted molar refractivity (Wildman–Crippen MR) is 76.1 cm³/mol. The molecule has 0 aromatic rings. The van der Waals surface area contributed by atoms with Gasteiger partial charge in [-0.3, -0.25) is 9.59 Å². The van der Waals surface area contributed by atoms with Gasteiger partial charge in [0.1, 0.15) is 0 Å². The Morgan fingerprint density at radius 3 is 2.75 bits per heavy atom. The first-order valence-electron chi connectivity index (χ1n) is 8.05. The molecule has 0 radical (unpaired) electrons. The molecule has 2 amide bonds. The van der Waals surface area contributed by atoms with Gasteiger partial charge in [0.05, 0.1) is 6.04 Å². The largest absolute Gasteiger partial charge is 0.354 e. The van der Waals surface area contributed by atoms with E-state index in [1.807, 2.05) is 0 Å². The summed E-state index contributed by atoms with van der Waals surface area (Å²) in [6, 6.07) is 0.609. The Kier molecular flexibility index (Phi) is 4.24. The number of hydrogen-bond acceptors (Lipinski definition) is 3. The van der Waals surface area contributed by atoms with Crippen molar-refractivity contribution in [2.45, 2.75) is 69.5 Å². The van der Waals surface area contributed by atoms with E-state index < -0.39 is 0 Å². The first-order valence-corrected chi connectivity index (χ1v) is 8.05. The highest BCUT2D eigenvalue weighted by Gasteiger charge is 2.35. The number of amides is 2. The second kappa shape index (κ2) is 6.12. The van der Waals surface area contributed by atoms with Crippen molar-refractivity contribution in [3.05, 3.63) is 0 Å². The van der Waals surface area contributed by atoms with Crippen LogP contribution in [0.2, 0.25) is 0 Å². The number of piperidine rings is 2. The summed E-state index contributed by atoms with van der Waals surface area (Å²) in [5, 5.41) is 9.45. The lowest BCUT2D eigenvalue weighted by molar-refractivity contribution is -0.127. The van der Waals surface area contributed by atoms with Crippen molar-refractivity contribution >= 4 is 11.8 Å². The molecule has 0 bridgehead atoms. The lowest BCUT2D eigenvalue weighted by atomic mass is 9.77. The molecule has 112 valence electrons. The minimum atomic E-state index is -0.0352. The quantitative estimate of drug-likeness (QED) is 0.696. The van der Waals surface area contributed by atoms with Crippen molar-refractivity contribution in [3.63, 3.8) is 0 Å². The average molecular weight is 279 g/mol. The van der Waals surface area contributed by atoms with Crippen molar-refractivity contribution in [3.8, 4) is 0 Å². The molecule has 5 nitrogen and oxygen atoms in total. The first-order chi connectivity index (χ1) is 9.72. The molecule has 0 spiro atoms. The van der Waals surface area contributed by atoms with Crippen LogP contribution >= 0.6 is 0 Å². The van der Waals surface area contributed by atoms with Crippen LogP contribution in [0, 0.1) is 5.92 Å². The van der Waals surface area contributed by atoms with E-state index in [9.17, 15) is 9.59 Å². The molecule has 3 fully saturated rings. The van der Waals surface area contributed by atoms with E-state index >= 15 is 0 Å². The Morgan fingerprint density at radius 2 is 1.95 bits per heavy atom. The van der Waals surface area contributed by atoms with E-state index in [2.05, 4.69) is 16.0 Å². The fourth-order valence-corrected chi connectivity index (χ4v) is 3.86. The highest BCUT2D eigenvalue weighted by molar-refractivity contribution is 5.83. The molecule has 2 aliphatic heterocycles. The van der Waals surface area contributed by atoms with E-state index in [0.29, 0.717) is 19.0 Å². The van der Waals surface area contributed by atoms with Crippen LogP contribution in [0.15, 0.2) is 0 Å². The third kappa shape index (κ3) is 3.14. The van der Waals surface area contributed by atoms with Crippen LogP contribution in [0.3, 0.4) is 0 Å². The molecule has 2 saturated heterocycles. The fraction of sp³-hybridized carbons (Fsp3) is 0.867. The maximum absolute atomic E-state index is 12.3. The van der Waals surface area contributed by atoms with Gasteiger partial charge in [-0.2, -0.15) is 0 Å². The molecule has 5 heteroatoms. The van der Waals surface area contributed by atoms with Crippen LogP contribution in [0.4, 0.5) is 0 Å². The topological polar surface area (TPSA) is 70.2 Å². The maximum Gasteiger partial charge on any atom is 0.237 e. The lowest BCUT2D eigenvalue weighted by Gasteiger charge is -2.40. The lowest BCUT2D eigenvalue weighted by Crippen LogP contribution is -2.58. The summed E-state index contributed by atoms with van der Waals surface area (Å²) in [6.07, 6.45) is 8.58. The van der Waals surface area contributed by atoms with Crippen LogP contribution in [-0.4, -0.2) is 36.5 Å². The summed E-state index contributed by atoms with van der Waals surface area (Å²) >= 11 is 0. The van der Waals surface area contributed by atoms with E-state index in [0.717, 1.165) is 18.8 Å². The van der Waals surface area contributed by atoms with Crippen molar-refractivity contribution in [1.29, 1.82) is 0 Å². The summed E-state index contributed by atoms with van der Waals surface area (Å²) in [7, 11) is 0. The van der Waals surface area contributed by atoms with Gasteiger partial charge in [-0.25, -0.2) is 0 Å². The molecule has 0 aromatic heterocycles. The van der Waals surface area contributed by atoms with Crippen LogP contribution < -0.4 is 16.0 Å². The number of carbonyl (C=O) groups is 2. The van der Waals surface area contributed by atoms with E-state index in [1.54, 1.807) is 0 Å². The molecule has 4 unspecified atom stereocenters. The van der Waals surface area contributed by atoms with E-state index in [1.165, 1.54) is 32.1 Å². The zero-order chi connectivity index (χ0) is 13.9. The highest BCUT2D eigenvalue weighted by Crippen LogP contribution is 2.32. The smallest absolute Gasteiger partial charge is 0.237 e. The Bertz CT molecular complexity index is 375. The minimum absolute atomic E-state index is 0.0352. The number of hydrogen-bond donors (Lipinski definition) is 3.